The van der Waals surface area contributed by atoms with Crippen LogP contribution >= 0.6 is 0 Å². The lowest BCUT2D eigenvalue weighted by Gasteiger charge is -2.22. The molecule has 2 heterocycles. The van der Waals surface area contributed by atoms with Crippen LogP contribution in [0.2, 0.25) is 0 Å². The largest absolute Gasteiger partial charge is 0.360 e. The number of rotatable bonds is 4. The summed E-state index contributed by atoms with van der Waals surface area (Å²) in [5, 5.41) is 3.89. The number of nitrogens with zero attached hydrogens (tertiary/aromatic N) is 3. The smallest absolute Gasteiger partial charge is 0.276 e. The molecular weight excluding hydrogens is 330 g/mol. The zero-order valence-electron chi connectivity index (χ0n) is 15.6. The highest BCUT2D eigenvalue weighted by atomic mass is 16.5. The lowest BCUT2D eigenvalue weighted by atomic mass is 10.1. The van der Waals surface area contributed by atoms with E-state index in [0.29, 0.717) is 44.1 Å². The van der Waals surface area contributed by atoms with Crippen molar-refractivity contribution in [3.63, 3.8) is 0 Å². The van der Waals surface area contributed by atoms with Gasteiger partial charge in [0, 0.05) is 44.6 Å². The van der Waals surface area contributed by atoms with Crippen LogP contribution in [-0.2, 0) is 11.3 Å². The molecule has 0 radical (unpaired) electrons. The van der Waals surface area contributed by atoms with Gasteiger partial charge in [0.25, 0.3) is 5.91 Å². The zero-order chi connectivity index (χ0) is 18.7. The zero-order valence-corrected chi connectivity index (χ0v) is 15.6. The minimum absolute atomic E-state index is 0.0739. The Bertz CT molecular complexity index is 797. The summed E-state index contributed by atoms with van der Waals surface area (Å²) < 4.78 is 5.23. The van der Waals surface area contributed by atoms with E-state index in [-0.39, 0.29) is 17.7 Å². The van der Waals surface area contributed by atoms with Crippen molar-refractivity contribution in [1.29, 1.82) is 0 Å². The van der Waals surface area contributed by atoms with Crippen molar-refractivity contribution in [1.82, 2.24) is 15.0 Å². The third kappa shape index (κ3) is 4.12. The topological polar surface area (TPSA) is 66.7 Å². The first kappa shape index (κ1) is 18.2. The Morgan fingerprint density at radius 2 is 2.04 bits per heavy atom. The quantitative estimate of drug-likeness (QED) is 0.846. The van der Waals surface area contributed by atoms with E-state index >= 15 is 0 Å². The second-order valence-electron chi connectivity index (χ2n) is 7.12. The predicted molar refractivity (Wildman–Crippen MR) is 97.7 cm³/mol. The summed E-state index contributed by atoms with van der Waals surface area (Å²) >= 11 is 0. The van der Waals surface area contributed by atoms with Crippen molar-refractivity contribution < 1.29 is 14.1 Å². The Kier molecular flexibility index (Phi) is 5.40. The minimum atomic E-state index is -0.175. The maximum atomic E-state index is 12.7. The molecule has 1 aliphatic rings. The van der Waals surface area contributed by atoms with E-state index in [4.69, 9.17) is 4.52 Å². The van der Waals surface area contributed by atoms with Gasteiger partial charge in [0.1, 0.15) is 5.76 Å². The second kappa shape index (κ2) is 7.72. The van der Waals surface area contributed by atoms with Crippen LogP contribution in [0.15, 0.2) is 34.9 Å². The SMILES string of the molecule is Cc1cccc(CN2CCN(C(=O)c3cc(C(C)C)on3)CCC2=O)c1. The molecule has 0 saturated carbocycles. The summed E-state index contributed by atoms with van der Waals surface area (Å²) in [6.07, 6.45) is 0.326. The van der Waals surface area contributed by atoms with Crippen LogP contribution in [-0.4, -0.2) is 46.4 Å². The summed E-state index contributed by atoms with van der Waals surface area (Å²) in [6.45, 7) is 8.02. The number of amides is 2. The van der Waals surface area contributed by atoms with E-state index in [1.54, 1.807) is 11.0 Å². The van der Waals surface area contributed by atoms with Gasteiger partial charge in [0.15, 0.2) is 5.69 Å². The molecule has 138 valence electrons. The maximum absolute atomic E-state index is 12.7. The highest BCUT2D eigenvalue weighted by Gasteiger charge is 2.26. The maximum Gasteiger partial charge on any atom is 0.276 e. The molecule has 1 saturated heterocycles. The fraction of sp³-hybridized carbons (Fsp3) is 0.450. The first-order chi connectivity index (χ1) is 12.4. The molecule has 1 aromatic heterocycles. The van der Waals surface area contributed by atoms with Gasteiger partial charge < -0.3 is 14.3 Å². The van der Waals surface area contributed by atoms with Crippen molar-refractivity contribution in [2.75, 3.05) is 19.6 Å². The van der Waals surface area contributed by atoms with E-state index in [9.17, 15) is 9.59 Å². The molecule has 6 nitrogen and oxygen atoms in total. The average Bonchev–Trinajstić information content (AvgIpc) is 3.03. The van der Waals surface area contributed by atoms with Crippen molar-refractivity contribution in [3.8, 4) is 0 Å². The number of hydrogen-bond acceptors (Lipinski definition) is 4. The predicted octanol–water partition coefficient (Wildman–Crippen LogP) is 2.98. The highest BCUT2D eigenvalue weighted by molar-refractivity contribution is 5.92. The Labute approximate surface area is 153 Å². The molecule has 0 bridgehead atoms. The first-order valence-electron chi connectivity index (χ1n) is 9.03. The summed E-state index contributed by atoms with van der Waals surface area (Å²) in [5.41, 5.74) is 2.60. The number of carbonyl (C=O) groups is 2. The number of hydrogen-bond donors (Lipinski definition) is 0. The fourth-order valence-corrected chi connectivity index (χ4v) is 3.09. The number of benzene rings is 1. The molecule has 1 fully saturated rings. The van der Waals surface area contributed by atoms with Gasteiger partial charge in [-0.1, -0.05) is 48.8 Å². The molecule has 3 rings (SSSR count). The molecule has 1 aromatic carbocycles. The van der Waals surface area contributed by atoms with E-state index in [1.807, 2.05) is 43.9 Å². The summed E-state index contributed by atoms with van der Waals surface area (Å²) in [6, 6.07) is 9.85. The van der Waals surface area contributed by atoms with Gasteiger partial charge in [-0.15, -0.1) is 0 Å². The van der Waals surface area contributed by atoms with Crippen molar-refractivity contribution in [2.24, 2.45) is 0 Å². The normalized spacial score (nSPS) is 15.5. The molecule has 6 heteroatoms. The monoisotopic (exact) mass is 355 g/mol. The van der Waals surface area contributed by atoms with Gasteiger partial charge in [-0.05, 0) is 12.5 Å². The van der Waals surface area contributed by atoms with E-state index in [2.05, 4.69) is 11.2 Å². The lowest BCUT2D eigenvalue weighted by molar-refractivity contribution is -0.130. The number of aromatic nitrogens is 1. The first-order valence-corrected chi connectivity index (χ1v) is 9.03. The lowest BCUT2D eigenvalue weighted by Crippen LogP contribution is -2.35. The minimum Gasteiger partial charge on any atom is -0.360 e. The molecule has 0 N–H and O–H groups in total. The fourth-order valence-electron chi connectivity index (χ4n) is 3.09. The number of carbonyl (C=O) groups excluding carboxylic acids is 2. The Balaban J connectivity index is 1.66. The molecule has 0 aliphatic carbocycles. The average molecular weight is 355 g/mol. The van der Waals surface area contributed by atoms with Crippen molar-refractivity contribution in [2.45, 2.75) is 39.7 Å². The van der Waals surface area contributed by atoms with Gasteiger partial charge in [-0.2, -0.15) is 0 Å². The van der Waals surface area contributed by atoms with E-state index < -0.39 is 0 Å². The van der Waals surface area contributed by atoms with Crippen LogP contribution in [0.5, 0.6) is 0 Å². The summed E-state index contributed by atoms with van der Waals surface area (Å²) in [4.78, 5) is 28.6. The summed E-state index contributed by atoms with van der Waals surface area (Å²) in [7, 11) is 0. The Hall–Kier alpha value is -2.63. The van der Waals surface area contributed by atoms with Crippen LogP contribution in [0, 0.1) is 6.92 Å². The van der Waals surface area contributed by atoms with Gasteiger partial charge in [0.2, 0.25) is 5.91 Å². The van der Waals surface area contributed by atoms with Crippen LogP contribution in [0.1, 0.15) is 53.6 Å². The van der Waals surface area contributed by atoms with Gasteiger partial charge >= 0.3 is 0 Å². The van der Waals surface area contributed by atoms with Gasteiger partial charge in [-0.3, -0.25) is 9.59 Å². The Morgan fingerprint density at radius 1 is 1.23 bits per heavy atom. The van der Waals surface area contributed by atoms with Gasteiger partial charge in [0.05, 0.1) is 0 Å². The van der Waals surface area contributed by atoms with E-state index in [0.717, 1.165) is 5.56 Å². The Morgan fingerprint density at radius 3 is 2.73 bits per heavy atom. The van der Waals surface area contributed by atoms with Gasteiger partial charge in [-0.25, -0.2) is 0 Å². The molecule has 0 atom stereocenters. The molecule has 0 unspecified atom stereocenters. The van der Waals surface area contributed by atoms with Crippen molar-refractivity contribution >= 4 is 11.8 Å². The van der Waals surface area contributed by atoms with E-state index in [1.165, 1.54) is 5.56 Å². The molecule has 1 aliphatic heterocycles. The highest BCUT2D eigenvalue weighted by Crippen LogP contribution is 2.18. The molecule has 2 aromatic rings. The second-order valence-corrected chi connectivity index (χ2v) is 7.12. The summed E-state index contributed by atoms with van der Waals surface area (Å²) in [5.74, 6) is 0.774. The number of aryl methyl sites for hydroxylation is 1. The third-order valence-corrected chi connectivity index (χ3v) is 4.65. The molecule has 0 spiro atoms. The van der Waals surface area contributed by atoms with Crippen LogP contribution in [0.4, 0.5) is 0 Å². The van der Waals surface area contributed by atoms with Crippen LogP contribution in [0.25, 0.3) is 0 Å². The molecular formula is C20H25N3O3. The van der Waals surface area contributed by atoms with Crippen LogP contribution in [0.3, 0.4) is 0 Å². The third-order valence-electron chi connectivity index (χ3n) is 4.65. The van der Waals surface area contributed by atoms with Crippen molar-refractivity contribution in [3.05, 3.63) is 52.9 Å². The molecule has 2 amide bonds. The molecule has 26 heavy (non-hydrogen) atoms. The standard InChI is InChI=1S/C20H25N3O3/c1-14(2)18-12-17(21-26-18)20(25)22-8-7-19(24)23(10-9-22)13-16-6-4-5-15(3)11-16/h4-6,11-12,14H,7-10,13H2,1-3H3. The van der Waals surface area contributed by atoms with Crippen LogP contribution < -0.4 is 0 Å².